The van der Waals surface area contributed by atoms with Crippen molar-refractivity contribution in [3.05, 3.63) is 32.7 Å². The first-order chi connectivity index (χ1) is 8.84. The van der Waals surface area contributed by atoms with Gasteiger partial charge in [0.05, 0.1) is 6.10 Å². The molecule has 0 aliphatic heterocycles. The Morgan fingerprint density at radius 1 is 1.32 bits per heavy atom. The summed E-state index contributed by atoms with van der Waals surface area (Å²) in [5.41, 5.74) is 0.631. The first-order valence-electron chi connectivity index (χ1n) is 6.14. The van der Waals surface area contributed by atoms with E-state index in [1.807, 2.05) is 18.2 Å². The number of hydrogen-bond acceptors (Lipinski definition) is 2. The molecule has 1 aromatic rings. The van der Waals surface area contributed by atoms with E-state index in [4.69, 9.17) is 4.74 Å². The Hall–Kier alpha value is -0.390. The van der Waals surface area contributed by atoms with Gasteiger partial charge >= 0.3 is 0 Å². The minimum absolute atomic E-state index is 0.0202. The smallest absolute Gasteiger partial charge is 0.251 e. The number of carbonyl (C=O) groups is 1. The van der Waals surface area contributed by atoms with Gasteiger partial charge in [0.25, 0.3) is 5.91 Å². The van der Waals surface area contributed by atoms with Crippen molar-refractivity contribution in [1.82, 2.24) is 5.32 Å². The Bertz CT molecular complexity index is 482. The third-order valence-corrected chi connectivity index (χ3v) is 4.81. The Kier molecular flexibility index (Phi) is 4.38. The van der Waals surface area contributed by atoms with Gasteiger partial charge in [-0.25, -0.2) is 0 Å². The second kappa shape index (κ2) is 5.54. The predicted octanol–water partition coefficient (Wildman–Crippen LogP) is 3.75. The molecule has 1 aliphatic rings. The molecule has 1 fully saturated rings. The molecule has 0 bridgehead atoms. The first kappa shape index (κ1) is 15.0. The van der Waals surface area contributed by atoms with Crippen molar-refractivity contribution in [3.8, 4) is 0 Å². The van der Waals surface area contributed by atoms with Crippen molar-refractivity contribution >= 4 is 37.8 Å². The van der Waals surface area contributed by atoms with Crippen LogP contribution in [0.25, 0.3) is 0 Å². The van der Waals surface area contributed by atoms with E-state index in [0.29, 0.717) is 5.56 Å². The van der Waals surface area contributed by atoms with E-state index in [-0.39, 0.29) is 23.5 Å². The summed E-state index contributed by atoms with van der Waals surface area (Å²) in [6.07, 6.45) is 1.08. The minimum Gasteiger partial charge on any atom is -0.381 e. The van der Waals surface area contributed by atoms with Gasteiger partial charge in [-0.1, -0.05) is 45.7 Å². The fourth-order valence-electron chi connectivity index (χ4n) is 2.46. The van der Waals surface area contributed by atoms with Crippen molar-refractivity contribution < 1.29 is 9.53 Å². The molecule has 0 radical (unpaired) electrons. The molecular weight excluding hydrogens is 374 g/mol. The van der Waals surface area contributed by atoms with Crippen molar-refractivity contribution in [3.63, 3.8) is 0 Å². The highest BCUT2D eigenvalue weighted by Gasteiger charge is 2.49. The lowest BCUT2D eigenvalue weighted by Gasteiger charge is -2.51. The van der Waals surface area contributed by atoms with Crippen LogP contribution < -0.4 is 5.32 Å². The van der Waals surface area contributed by atoms with Crippen molar-refractivity contribution in [2.45, 2.75) is 32.4 Å². The van der Waals surface area contributed by atoms with Gasteiger partial charge in [0, 0.05) is 33.1 Å². The van der Waals surface area contributed by atoms with Gasteiger partial charge in [0.15, 0.2) is 0 Å². The van der Waals surface area contributed by atoms with E-state index < -0.39 is 0 Å². The van der Waals surface area contributed by atoms with Crippen molar-refractivity contribution in [2.75, 3.05) is 7.11 Å². The van der Waals surface area contributed by atoms with E-state index in [2.05, 4.69) is 51.0 Å². The Balaban J connectivity index is 2.06. The summed E-state index contributed by atoms with van der Waals surface area (Å²) in [5.74, 6) is -0.0466. The average Bonchev–Trinajstić information content (AvgIpc) is 2.32. The topological polar surface area (TPSA) is 38.3 Å². The number of hydrogen-bond donors (Lipinski definition) is 1. The molecule has 1 N–H and O–H groups in total. The number of rotatable bonds is 3. The Morgan fingerprint density at radius 2 is 1.89 bits per heavy atom. The van der Waals surface area contributed by atoms with E-state index in [9.17, 15) is 4.79 Å². The molecule has 2 unspecified atom stereocenters. The van der Waals surface area contributed by atoms with Crippen LogP contribution in [0.1, 0.15) is 30.6 Å². The van der Waals surface area contributed by atoms with E-state index >= 15 is 0 Å². The van der Waals surface area contributed by atoms with E-state index in [1.165, 1.54) is 0 Å². The average molecular weight is 391 g/mol. The lowest BCUT2D eigenvalue weighted by molar-refractivity contribution is -0.0942. The predicted molar refractivity (Wildman–Crippen MR) is 82.3 cm³/mol. The molecule has 2 atom stereocenters. The molecule has 0 spiro atoms. The number of benzene rings is 1. The van der Waals surface area contributed by atoms with Crippen LogP contribution in [-0.2, 0) is 4.74 Å². The Morgan fingerprint density at radius 3 is 2.37 bits per heavy atom. The van der Waals surface area contributed by atoms with Gasteiger partial charge < -0.3 is 10.1 Å². The maximum absolute atomic E-state index is 12.2. The van der Waals surface area contributed by atoms with Crippen LogP contribution >= 0.6 is 31.9 Å². The zero-order chi connectivity index (χ0) is 14.2. The fraction of sp³-hybridized carbons (Fsp3) is 0.500. The van der Waals surface area contributed by atoms with Crippen LogP contribution in [0.4, 0.5) is 0 Å². The SMILES string of the molecule is COC1CC(NC(=O)c2cc(Br)cc(Br)c2)C1(C)C. The number of ether oxygens (including phenoxy) is 1. The molecule has 0 aromatic heterocycles. The number of carbonyl (C=O) groups excluding carboxylic acids is 1. The molecule has 1 saturated carbocycles. The van der Waals surface area contributed by atoms with Crippen LogP contribution in [0.3, 0.4) is 0 Å². The number of nitrogens with one attached hydrogen (secondary N) is 1. The first-order valence-corrected chi connectivity index (χ1v) is 7.73. The molecule has 0 heterocycles. The van der Waals surface area contributed by atoms with E-state index in [0.717, 1.165) is 15.4 Å². The molecule has 2 rings (SSSR count). The summed E-state index contributed by atoms with van der Waals surface area (Å²) in [4.78, 5) is 12.2. The largest absolute Gasteiger partial charge is 0.381 e. The second-order valence-electron chi connectivity index (χ2n) is 5.47. The lowest BCUT2D eigenvalue weighted by atomic mass is 9.64. The number of methoxy groups -OCH3 is 1. The fourth-order valence-corrected chi connectivity index (χ4v) is 3.75. The highest BCUT2D eigenvalue weighted by Crippen LogP contribution is 2.42. The van der Waals surface area contributed by atoms with Gasteiger partial charge in [0.2, 0.25) is 0 Å². The summed E-state index contributed by atoms with van der Waals surface area (Å²) in [5, 5.41) is 3.08. The lowest BCUT2D eigenvalue weighted by Crippen LogP contribution is -2.61. The van der Waals surface area contributed by atoms with Crippen LogP contribution in [0.2, 0.25) is 0 Å². The maximum atomic E-state index is 12.2. The molecule has 1 aromatic carbocycles. The van der Waals surface area contributed by atoms with Crippen molar-refractivity contribution in [2.24, 2.45) is 5.41 Å². The minimum atomic E-state index is -0.0466. The quantitative estimate of drug-likeness (QED) is 0.853. The zero-order valence-electron chi connectivity index (χ0n) is 11.2. The summed E-state index contributed by atoms with van der Waals surface area (Å²) >= 11 is 6.78. The molecule has 0 saturated heterocycles. The van der Waals surface area contributed by atoms with Crippen molar-refractivity contribution in [1.29, 1.82) is 0 Å². The van der Waals surface area contributed by atoms with Gasteiger partial charge in [-0.05, 0) is 24.6 Å². The normalized spacial score (nSPS) is 24.7. The molecule has 1 aliphatic carbocycles. The monoisotopic (exact) mass is 389 g/mol. The molecular formula is C14H17Br2NO2. The molecule has 19 heavy (non-hydrogen) atoms. The summed E-state index contributed by atoms with van der Waals surface area (Å²) in [6.45, 7) is 4.24. The Labute approximate surface area is 130 Å². The summed E-state index contributed by atoms with van der Waals surface area (Å²) in [6, 6.07) is 5.70. The van der Waals surface area contributed by atoms with E-state index in [1.54, 1.807) is 7.11 Å². The summed E-state index contributed by atoms with van der Waals surface area (Å²) in [7, 11) is 1.72. The number of halogens is 2. The van der Waals surface area contributed by atoms with Gasteiger partial charge in [-0.3, -0.25) is 4.79 Å². The third-order valence-electron chi connectivity index (χ3n) is 3.89. The zero-order valence-corrected chi connectivity index (χ0v) is 14.3. The third kappa shape index (κ3) is 3.03. The molecule has 1 amide bonds. The maximum Gasteiger partial charge on any atom is 0.251 e. The highest BCUT2D eigenvalue weighted by molar-refractivity contribution is 9.11. The van der Waals surface area contributed by atoms with Crippen LogP contribution in [-0.4, -0.2) is 25.2 Å². The highest BCUT2D eigenvalue weighted by atomic mass is 79.9. The molecule has 5 heteroatoms. The van der Waals surface area contributed by atoms with Gasteiger partial charge in [0.1, 0.15) is 0 Å². The number of amides is 1. The second-order valence-corrected chi connectivity index (χ2v) is 7.30. The molecule has 104 valence electrons. The van der Waals surface area contributed by atoms with Crippen LogP contribution in [0.5, 0.6) is 0 Å². The summed E-state index contributed by atoms with van der Waals surface area (Å²) < 4.78 is 7.16. The van der Waals surface area contributed by atoms with Crippen LogP contribution in [0.15, 0.2) is 27.1 Å². The molecule has 3 nitrogen and oxygen atoms in total. The van der Waals surface area contributed by atoms with Gasteiger partial charge in [-0.2, -0.15) is 0 Å². The standard InChI is InChI=1S/C14H17Br2NO2/c1-14(2)11(7-12(14)19-3)17-13(18)8-4-9(15)6-10(16)5-8/h4-6,11-12H,7H2,1-3H3,(H,17,18). The van der Waals surface area contributed by atoms with Crippen LogP contribution in [0, 0.1) is 5.41 Å². The van der Waals surface area contributed by atoms with Gasteiger partial charge in [-0.15, -0.1) is 0 Å².